The highest BCUT2D eigenvalue weighted by Crippen LogP contribution is 2.37. The molecule has 32 heavy (non-hydrogen) atoms. The first-order valence-corrected chi connectivity index (χ1v) is 10.6. The Balaban J connectivity index is 1.51. The lowest BCUT2D eigenvalue weighted by molar-refractivity contribution is 0.171. The van der Waals surface area contributed by atoms with Crippen LogP contribution in [0.5, 0.6) is 17.4 Å². The number of nitrogens with zero attached hydrogens (tertiary/aromatic N) is 4. The summed E-state index contributed by atoms with van der Waals surface area (Å²) in [6, 6.07) is 8.15. The molecule has 1 aliphatic rings. The summed E-state index contributed by atoms with van der Waals surface area (Å²) in [5.74, 6) is 3.18. The first-order valence-electron chi connectivity index (χ1n) is 10.6. The fourth-order valence-corrected chi connectivity index (χ4v) is 4.04. The van der Waals surface area contributed by atoms with Gasteiger partial charge in [-0.25, -0.2) is 9.97 Å². The number of nitrogens with one attached hydrogen (secondary N) is 2. The lowest BCUT2D eigenvalue weighted by atomic mass is 9.95. The SMILES string of the molecule is COc1nn(C)cc1-c1cc2c(N[C@@H](c3ccc4c(c3)OCCO4)C(C)C)ncnc2[nH]1. The van der Waals surface area contributed by atoms with Gasteiger partial charge in [0.05, 0.1) is 29.8 Å². The highest BCUT2D eigenvalue weighted by atomic mass is 16.6. The van der Waals surface area contributed by atoms with Crippen LogP contribution in [0.1, 0.15) is 25.5 Å². The molecule has 9 heteroatoms. The molecule has 1 aliphatic heterocycles. The Morgan fingerprint density at radius 1 is 1.12 bits per heavy atom. The number of aromatic amines is 1. The Labute approximate surface area is 185 Å². The molecule has 0 bridgehead atoms. The van der Waals surface area contributed by atoms with Crippen LogP contribution in [-0.2, 0) is 7.05 Å². The van der Waals surface area contributed by atoms with E-state index in [1.54, 1.807) is 18.1 Å². The summed E-state index contributed by atoms with van der Waals surface area (Å²) in [4.78, 5) is 12.3. The van der Waals surface area contributed by atoms with Crippen LogP contribution in [0.25, 0.3) is 22.3 Å². The fourth-order valence-electron chi connectivity index (χ4n) is 4.04. The van der Waals surface area contributed by atoms with Gasteiger partial charge in [-0.05, 0) is 29.7 Å². The van der Waals surface area contributed by atoms with E-state index in [0.29, 0.717) is 25.0 Å². The second-order valence-corrected chi connectivity index (χ2v) is 8.16. The number of aromatic nitrogens is 5. The molecule has 4 aromatic rings. The van der Waals surface area contributed by atoms with Crippen LogP contribution in [0.3, 0.4) is 0 Å². The molecule has 3 aromatic heterocycles. The van der Waals surface area contributed by atoms with E-state index in [2.05, 4.69) is 45.3 Å². The van der Waals surface area contributed by atoms with Gasteiger partial charge in [-0.2, -0.15) is 0 Å². The fraction of sp³-hybridized carbons (Fsp3) is 0.348. The first-order chi connectivity index (χ1) is 15.5. The Hall–Kier alpha value is -3.75. The zero-order valence-corrected chi connectivity index (χ0v) is 18.5. The highest BCUT2D eigenvalue weighted by Gasteiger charge is 2.22. The lowest BCUT2D eigenvalue weighted by Gasteiger charge is -2.26. The van der Waals surface area contributed by atoms with Gasteiger partial charge in [0.15, 0.2) is 11.5 Å². The van der Waals surface area contributed by atoms with E-state index >= 15 is 0 Å². The number of fused-ring (bicyclic) bond motifs is 2. The number of ether oxygens (including phenoxy) is 3. The minimum Gasteiger partial charge on any atom is -0.486 e. The number of hydrogen-bond acceptors (Lipinski definition) is 7. The van der Waals surface area contributed by atoms with Crippen molar-refractivity contribution in [2.75, 3.05) is 25.6 Å². The predicted octanol–water partition coefficient (Wildman–Crippen LogP) is 3.95. The number of benzene rings is 1. The molecular weight excluding hydrogens is 408 g/mol. The molecule has 0 fully saturated rings. The van der Waals surface area contributed by atoms with E-state index in [9.17, 15) is 0 Å². The smallest absolute Gasteiger partial charge is 0.241 e. The summed E-state index contributed by atoms with van der Waals surface area (Å²) >= 11 is 0. The molecule has 166 valence electrons. The summed E-state index contributed by atoms with van der Waals surface area (Å²) in [6.45, 7) is 5.49. The van der Waals surface area contributed by atoms with Crippen LogP contribution < -0.4 is 19.5 Å². The van der Waals surface area contributed by atoms with Crippen LogP contribution in [-0.4, -0.2) is 45.1 Å². The monoisotopic (exact) mass is 434 g/mol. The second kappa shape index (κ2) is 8.07. The van der Waals surface area contributed by atoms with Gasteiger partial charge in [0, 0.05) is 13.2 Å². The van der Waals surface area contributed by atoms with Gasteiger partial charge in [-0.15, -0.1) is 5.10 Å². The molecule has 4 heterocycles. The molecule has 0 saturated heterocycles. The molecule has 0 unspecified atom stereocenters. The molecule has 0 amide bonds. The highest BCUT2D eigenvalue weighted by molar-refractivity contribution is 5.92. The largest absolute Gasteiger partial charge is 0.486 e. The molecule has 5 rings (SSSR count). The number of aryl methyl sites for hydroxylation is 1. The Bertz CT molecular complexity index is 1260. The van der Waals surface area contributed by atoms with Crippen molar-refractivity contribution in [2.45, 2.75) is 19.9 Å². The maximum atomic E-state index is 5.79. The van der Waals surface area contributed by atoms with Crippen molar-refractivity contribution in [3.05, 3.63) is 42.4 Å². The van der Waals surface area contributed by atoms with Crippen LogP contribution in [0.2, 0.25) is 0 Å². The Kier molecular flexibility index (Phi) is 5.08. The molecule has 0 spiro atoms. The van der Waals surface area contributed by atoms with E-state index < -0.39 is 0 Å². The molecule has 9 nitrogen and oxygen atoms in total. The van der Waals surface area contributed by atoms with Crippen molar-refractivity contribution in [1.29, 1.82) is 0 Å². The summed E-state index contributed by atoms with van der Waals surface area (Å²) in [6.07, 6.45) is 3.48. The standard InChI is InChI=1S/C23H26N6O3/c1-13(2)20(14-5-6-18-19(9-14)32-8-7-31-18)27-22-15-10-17(26-21(15)24-12-25-22)16-11-29(3)28-23(16)30-4/h5-6,9-13,20H,7-8H2,1-4H3,(H2,24,25,26,27)/t20-/m1/s1. The van der Waals surface area contributed by atoms with Crippen LogP contribution in [0.15, 0.2) is 36.8 Å². The van der Waals surface area contributed by atoms with Crippen molar-refractivity contribution in [3.63, 3.8) is 0 Å². The second-order valence-electron chi connectivity index (χ2n) is 8.16. The average Bonchev–Trinajstić information content (AvgIpc) is 3.40. The third-order valence-electron chi connectivity index (χ3n) is 5.59. The van der Waals surface area contributed by atoms with E-state index in [1.807, 2.05) is 31.4 Å². The Morgan fingerprint density at radius 2 is 1.94 bits per heavy atom. The first kappa shape index (κ1) is 20.2. The number of methoxy groups -OCH3 is 1. The minimum atomic E-state index is 0.0233. The van der Waals surface area contributed by atoms with Gasteiger partial charge < -0.3 is 24.5 Å². The van der Waals surface area contributed by atoms with E-state index in [4.69, 9.17) is 14.2 Å². The maximum absolute atomic E-state index is 5.79. The normalized spacial score (nSPS) is 14.0. The van der Waals surface area contributed by atoms with Crippen molar-refractivity contribution in [2.24, 2.45) is 13.0 Å². The average molecular weight is 435 g/mol. The summed E-state index contributed by atoms with van der Waals surface area (Å²) in [5, 5.41) is 8.87. The third-order valence-corrected chi connectivity index (χ3v) is 5.59. The van der Waals surface area contributed by atoms with Crippen LogP contribution in [0.4, 0.5) is 5.82 Å². The van der Waals surface area contributed by atoms with Crippen molar-refractivity contribution in [3.8, 4) is 28.6 Å². The molecule has 0 saturated carbocycles. The van der Waals surface area contributed by atoms with Gasteiger partial charge in [0.1, 0.15) is 31.0 Å². The zero-order valence-electron chi connectivity index (χ0n) is 18.5. The summed E-state index contributed by atoms with van der Waals surface area (Å²) in [5.41, 5.74) is 3.59. The number of anilines is 1. The van der Waals surface area contributed by atoms with Gasteiger partial charge in [-0.3, -0.25) is 4.68 Å². The van der Waals surface area contributed by atoms with E-state index in [1.165, 1.54) is 0 Å². The number of rotatable bonds is 6. The van der Waals surface area contributed by atoms with Crippen LogP contribution >= 0.6 is 0 Å². The maximum Gasteiger partial charge on any atom is 0.241 e. The minimum absolute atomic E-state index is 0.0233. The molecule has 0 aliphatic carbocycles. The lowest BCUT2D eigenvalue weighted by Crippen LogP contribution is -2.19. The molecule has 0 radical (unpaired) electrons. The molecular formula is C23H26N6O3. The zero-order chi connectivity index (χ0) is 22.2. The Morgan fingerprint density at radius 3 is 2.72 bits per heavy atom. The number of hydrogen-bond donors (Lipinski definition) is 2. The van der Waals surface area contributed by atoms with Crippen molar-refractivity contribution < 1.29 is 14.2 Å². The molecule has 1 aromatic carbocycles. The van der Waals surface area contributed by atoms with Crippen molar-refractivity contribution >= 4 is 16.9 Å². The van der Waals surface area contributed by atoms with Gasteiger partial charge >= 0.3 is 0 Å². The number of H-pyrrole nitrogens is 1. The summed E-state index contributed by atoms with van der Waals surface area (Å²) < 4.78 is 18.6. The van der Waals surface area contributed by atoms with Crippen LogP contribution in [0, 0.1) is 5.92 Å². The van der Waals surface area contributed by atoms with E-state index in [0.717, 1.165) is 45.2 Å². The van der Waals surface area contributed by atoms with Gasteiger partial charge in [-0.1, -0.05) is 19.9 Å². The van der Waals surface area contributed by atoms with E-state index in [-0.39, 0.29) is 6.04 Å². The predicted molar refractivity (Wildman–Crippen MR) is 121 cm³/mol. The topological polar surface area (TPSA) is 99.1 Å². The quantitative estimate of drug-likeness (QED) is 0.474. The van der Waals surface area contributed by atoms with Gasteiger partial charge in [0.25, 0.3) is 0 Å². The summed E-state index contributed by atoms with van der Waals surface area (Å²) in [7, 11) is 3.48. The van der Waals surface area contributed by atoms with Gasteiger partial charge in [0.2, 0.25) is 5.88 Å². The molecule has 1 atom stereocenters. The molecule has 2 N–H and O–H groups in total. The van der Waals surface area contributed by atoms with Crippen molar-refractivity contribution in [1.82, 2.24) is 24.7 Å². The third kappa shape index (κ3) is 3.59.